The molecule has 5 aromatic rings. The van der Waals surface area contributed by atoms with Gasteiger partial charge in [-0.3, -0.25) is 4.98 Å². The minimum Gasteiger partial charge on any atom is -0.497 e. The topological polar surface area (TPSA) is 51.6 Å². The molecule has 1 aliphatic heterocycles. The predicted octanol–water partition coefficient (Wildman–Crippen LogP) is 6.99. The lowest BCUT2D eigenvalue weighted by Gasteiger charge is -2.29. The van der Waals surface area contributed by atoms with Crippen LogP contribution in [-0.2, 0) is 0 Å². The van der Waals surface area contributed by atoms with Gasteiger partial charge in [0.25, 0.3) is 0 Å². The lowest BCUT2D eigenvalue weighted by Crippen LogP contribution is -2.30. The molecule has 0 aliphatic carbocycles. The number of halogens is 1. The molecule has 2 atom stereocenters. The van der Waals surface area contributed by atoms with Gasteiger partial charge in [0.05, 0.1) is 24.5 Å². The predicted molar refractivity (Wildman–Crippen MR) is 153 cm³/mol. The van der Waals surface area contributed by atoms with Crippen molar-refractivity contribution >= 4 is 23.0 Å². The summed E-state index contributed by atoms with van der Waals surface area (Å²) < 4.78 is 28.0. The van der Waals surface area contributed by atoms with E-state index in [1.54, 1.807) is 25.4 Å². The van der Waals surface area contributed by atoms with Crippen LogP contribution in [0.5, 0.6) is 17.2 Å². The molecule has 0 amide bonds. The lowest BCUT2D eigenvalue weighted by atomic mass is 10.0. The van der Waals surface area contributed by atoms with Crippen LogP contribution in [0.15, 0.2) is 116 Å². The maximum atomic E-state index is 14.9. The SMILES string of the molecule is COc1ccc(Oc2ccc(N3C(=S)N[C@@H](c4ccccn4)[C@H]3c3cccn3-c3ccccc3F)cc2)cc1. The first kappa shape index (κ1) is 24.6. The molecule has 1 saturated heterocycles. The van der Waals surface area contributed by atoms with Gasteiger partial charge in [-0.25, -0.2) is 4.39 Å². The molecule has 0 unspecified atom stereocenters. The van der Waals surface area contributed by atoms with E-state index in [1.807, 2.05) is 95.7 Å². The maximum Gasteiger partial charge on any atom is 0.174 e. The fourth-order valence-electron chi connectivity index (χ4n) is 4.89. The summed E-state index contributed by atoms with van der Waals surface area (Å²) in [5.74, 6) is 1.86. The van der Waals surface area contributed by atoms with Crippen molar-refractivity contribution in [3.63, 3.8) is 0 Å². The first-order chi connectivity index (χ1) is 19.1. The van der Waals surface area contributed by atoms with Gasteiger partial charge in [0.15, 0.2) is 5.11 Å². The Bertz CT molecular complexity index is 1590. The highest BCUT2D eigenvalue weighted by molar-refractivity contribution is 7.80. The Balaban J connectivity index is 1.37. The Morgan fingerprint density at radius 3 is 2.21 bits per heavy atom. The van der Waals surface area contributed by atoms with Crippen LogP contribution in [0.3, 0.4) is 0 Å². The summed E-state index contributed by atoms with van der Waals surface area (Å²) in [7, 11) is 1.63. The fourth-order valence-corrected chi connectivity index (χ4v) is 5.24. The Morgan fingerprint density at radius 2 is 1.51 bits per heavy atom. The number of aromatic nitrogens is 2. The second-order valence-corrected chi connectivity index (χ2v) is 9.41. The fraction of sp³-hybridized carbons (Fsp3) is 0.0968. The average Bonchev–Trinajstić information content (AvgIpc) is 3.59. The van der Waals surface area contributed by atoms with Gasteiger partial charge in [-0.2, -0.15) is 0 Å². The number of anilines is 1. The van der Waals surface area contributed by atoms with E-state index in [2.05, 4.69) is 15.2 Å². The van der Waals surface area contributed by atoms with Gasteiger partial charge in [0, 0.05) is 23.8 Å². The molecular weight excluding hydrogens is 511 g/mol. The highest BCUT2D eigenvalue weighted by Gasteiger charge is 2.42. The molecule has 0 bridgehead atoms. The van der Waals surface area contributed by atoms with E-state index in [1.165, 1.54) is 6.07 Å². The summed E-state index contributed by atoms with van der Waals surface area (Å²) in [6.07, 6.45) is 3.63. The standard InChI is InChI=1S/C31H25FN4O2S/c1-37-22-15-17-24(18-16-22)38-23-13-11-21(12-14-23)36-30(29(34-31(36)39)26-8-4-5-19-33-26)28-10-6-20-35(28)27-9-3-2-7-25(27)32/h2-20,29-30H,1H3,(H,34,39)/t29-,30+/m0/s1. The molecule has 6 nitrogen and oxygen atoms in total. The Morgan fingerprint density at radius 1 is 0.821 bits per heavy atom. The first-order valence-electron chi connectivity index (χ1n) is 12.5. The average molecular weight is 537 g/mol. The summed E-state index contributed by atoms with van der Waals surface area (Å²) in [6.45, 7) is 0. The summed E-state index contributed by atoms with van der Waals surface area (Å²) in [5.41, 5.74) is 3.06. The molecule has 1 aliphatic rings. The zero-order valence-corrected chi connectivity index (χ0v) is 21.9. The van der Waals surface area contributed by atoms with Gasteiger partial charge in [0.1, 0.15) is 29.1 Å². The van der Waals surface area contributed by atoms with Crippen molar-refractivity contribution in [2.75, 3.05) is 12.0 Å². The lowest BCUT2D eigenvalue weighted by molar-refractivity contribution is 0.413. The van der Waals surface area contributed by atoms with Crippen LogP contribution in [0.2, 0.25) is 0 Å². The number of thiocarbonyl (C=S) groups is 1. The molecule has 1 N–H and O–H groups in total. The number of rotatable bonds is 7. The number of nitrogens with zero attached hydrogens (tertiary/aromatic N) is 3. The summed E-state index contributed by atoms with van der Waals surface area (Å²) >= 11 is 5.86. The summed E-state index contributed by atoms with van der Waals surface area (Å²) in [6, 6.07) is 31.1. The van der Waals surface area contributed by atoms with Gasteiger partial charge < -0.3 is 24.3 Å². The number of para-hydroxylation sites is 1. The van der Waals surface area contributed by atoms with E-state index in [0.29, 0.717) is 22.3 Å². The van der Waals surface area contributed by atoms with Crippen molar-refractivity contribution in [3.05, 3.63) is 133 Å². The van der Waals surface area contributed by atoms with Crippen LogP contribution >= 0.6 is 12.2 Å². The van der Waals surface area contributed by atoms with E-state index < -0.39 is 0 Å². The normalized spacial score (nSPS) is 16.7. The number of hydrogen-bond acceptors (Lipinski definition) is 4. The van der Waals surface area contributed by atoms with Gasteiger partial charge >= 0.3 is 0 Å². The van der Waals surface area contributed by atoms with Crippen molar-refractivity contribution in [3.8, 4) is 22.9 Å². The molecule has 8 heteroatoms. The van der Waals surface area contributed by atoms with Gasteiger partial charge in [-0.05, 0) is 97.1 Å². The van der Waals surface area contributed by atoms with Crippen molar-refractivity contribution in [1.29, 1.82) is 0 Å². The monoisotopic (exact) mass is 536 g/mol. The Labute approximate surface area is 231 Å². The molecule has 1 fully saturated rings. The molecule has 39 heavy (non-hydrogen) atoms. The summed E-state index contributed by atoms with van der Waals surface area (Å²) in [4.78, 5) is 6.67. The molecule has 194 valence electrons. The maximum absolute atomic E-state index is 14.9. The van der Waals surface area contributed by atoms with Crippen LogP contribution in [0.1, 0.15) is 23.5 Å². The third-order valence-electron chi connectivity index (χ3n) is 6.70. The van der Waals surface area contributed by atoms with Crippen LogP contribution < -0.4 is 19.7 Å². The molecule has 2 aromatic heterocycles. The Kier molecular flexibility index (Phi) is 6.69. The molecule has 3 heterocycles. The molecule has 3 aromatic carbocycles. The van der Waals surface area contributed by atoms with Crippen molar-refractivity contribution in [2.24, 2.45) is 0 Å². The summed E-state index contributed by atoms with van der Waals surface area (Å²) in [5, 5.41) is 4.02. The number of nitrogens with one attached hydrogen (secondary N) is 1. The highest BCUT2D eigenvalue weighted by atomic mass is 32.1. The van der Waals surface area contributed by atoms with Gasteiger partial charge in [0.2, 0.25) is 0 Å². The van der Waals surface area contributed by atoms with E-state index in [0.717, 1.165) is 22.8 Å². The van der Waals surface area contributed by atoms with Crippen LogP contribution in [0.25, 0.3) is 5.69 Å². The van der Waals surface area contributed by atoms with Gasteiger partial charge in [-0.15, -0.1) is 0 Å². The van der Waals surface area contributed by atoms with Crippen molar-refractivity contribution < 1.29 is 13.9 Å². The number of hydrogen-bond donors (Lipinski definition) is 1. The van der Waals surface area contributed by atoms with E-state index >= 15 is 0 Å². The van der Waals surface area contributed by atoms with Crippen molar-refractivity contribution in [1.82, 2.24) is 14.9 Å². The second-order valence-electron chi connectivity index (χ2n) is 9.02. The van der Waals surface area contributed by atoms with E-state index in [4.69, 9.17) is 21.7 Å². The van der Waals surface area contributed by atoms with Crippen LogP contribution in [0.4, 0.5) is 10.1 Å². The second kappa shape index (κ2) is 10.6. The van der Waals surface area contributed by atoms with Crippen LogP contribution in [0, 0.1) is 5.82 Å². The molecule has 0 radical (unpaired) electrons. The quantitative estimate of drug-likeness (QED) is 0.226. The third-order valence-corrected chi connectivity index (χ3v) is 7.02. The van der Waals surface area contributed by atoms with Crippen LogP contribution in [-0.4, -0.2) is 21.8 Å². The highest BCUT2D eigenvalue weighted by Crippen LogP contribution is 2.42. The zero-order valence-electron chi connectivity index (χ0n) is 21.1. The number of pyridine rings is 1. The van der Waals surface area contributed by atoms with E-state index in [-0.39, 0.29) is 17.9 Å². The molecular formula is C31H25FN4O2S. The van der Waals surface area contributed by atoms with Crippen molar-refractivity contribution in [2.45, 2.75) is 12.1 Å². The van der Waals surface area contributed by atoms with E-state index in [9.17, 15) is 4.39 Å². The Hall–Kier alpha value is -4.69. The molecule has 6 rings (SSSR count). The number of ether oxygens (including phenoxy) is 2. The molecule has 0 saturated carbocycles. The zero-order chi connectivity index (χ0) is 26.8. The van der Waals surface area contributed by atoms with Gasteiger partial charge in [-0.1, -0.05) is 18.2 Å². The smallest absolute Gasteiger partial charge is 0.174 e. The number of methoxy groups -OCH3 is 1. The minimum absolute atomic E-state index is 0.255. The first-order valence-corrected chi connectivity index (χ1v) is 12.9. The third kappa shape index (κ3) is 4.82. The molecule has 0 spiro atoms. The largest absolute Gasteiger partial charge is 0.497 e. The number of benzene rings is 3. The minimum atomic E-state index is -0.301.